The minimum Gasteiger partial charge on any atom is -0.469 e. The van der Waals surface area contributed by atoms with Crippen LogP contribution in [0.5, 0.6) is 0 Å². The topological polar surface area (TPSA) is 146 Å². The smallest absolute Gasteiger partial charge is 0.457 e. The SMILES string of the molecule is C=CC[C@@H]1CCC[C@]1(CN1C(=O)c2ccccc2C1=O)C(=O)OC.COC(=O)[C@@]1(CN2C(=O)c3ccccc3C2=O)CCC[C@H]1CCCB1OC(C)(C)C(C)(C)O1. The molecule has 3 aliphatic heterocycles. The summed E-state index contributed by atoms with van der Waals surface area (Å²) in [5.41, 5.74) is -0.843. The number of hydrogen-bond donors (Lipinski definition) is 0. The average molecular weight is 783 g/mol. The first kappa shape index (κ1) is 42.0. The lowest BCUT2D eigenvalue weighted by molar-refractivity contribution is -0.156. The molecular formula is C44H55BN2O10. The number of amides is 4. The second-order valence-corrected chi connectivity index (χ2v) is 17.1. The molecule has 0 spiro atoms. The van der Waals surface area contributed by atoms with Gasteiger partial charge in [-0.3, -0.25) is 38.6 Å². The lowest BCUT2D eigenvalue weighted by Crippen LogP contribution is -2.48. The Morgan fingerprint density at radius 3 is 1.49 bits per heavy atom. The number of carbonyl (C=O) groups excluding carboxylic acids is 6. The van der Waals surface area contributed by atoms with E-state index in [2.05, 4.69) is 6.58 Å². The van der Waals surface area contributed by atoms with Gasteiger partial charge < -0.3 is 18.8 Å². The number of benzene rings is 2. The predicted octanol–water partition coefficient (Wildman–Crippen LogP) is 6.93. The highest BCUT2D eigenvalue weighted by molar-refractivity contribution is 6.45. The largest absolute Gasteiger partial charge is 0.469 e. The Balaban J connectivity index is 0.000000203. The average Bonchev–Trinajstić information content (AvgIpc) is 3.96. The highest BCUT2D eigenvalue weighted by Gasteiger charge is 2.55. The number of rotatable bonds is 12. The van der Waals surface area contributed by atoms with Gasteiger partial charge in [0.25, 0.3) is 23.6 Å². The number of methoxy groups -OCH3 is 2. The molecule has 13 heteroatoms. The molecule has 5 aliphatic rings. The molecular weight excluding hydrogens is 727 g/mol. The summed E-state index contributed by atoms with van der Waals surface area (Å²) < 4.78 is 22.5. The van der Waals surface area contributed by atoms with Crippen LogP contribution in [0.1, 0.15) is 127 Å². The molecule has 2 aliphatic carbocycles. The third-order valence-electron chi connectivity index (χ3n) is 13.5. The third kappa shape index (κ3) is 7.49. The van der Waals surface area contributed by atoms with E-state index in [1.807, 2.05) is 27.7 Å². The van der Waals surface area contributed by atoms with Gasteiger partial charge in [0.05, 0.1) is 58.5 Å². The van der Waals surface area contributed by atoms with Crippen LogP contribution in [0.15, 0.2) is 61.2 Å². The van der Waals surface area contributed by atoms with Crippen LogP contribution in [0, 0.1) is 22.7 Å². The molecule has 7 rings (SSSR count). The van der Waals surface area contributed by atoms with Crippen molar-refractivity contribution >= 4 is 42.7 Å². The molecule has 4 atom stereocenters. The Bertz CT molecular complexity index is 1860. The van der Waals surface area contributed by atoms with Crippen molar-refractivity contribution in [3.05, 3.63) is 83.4 Å². The summed E-state index contributed by atoms with van der Waals surface area (Å²) in [6.45, 7) is 12.1. The molecule has 3 heterocycles. The van der Waals surface area contributed by atoms with E-state index in [-0.39, 0.29) is 78.8 Å². The maximum atomic E-state index is 13.1. The van der Waals surface area contributed by atoms with Gasteiger partial charge in [-0.1, -0.05) is 49.6 Å². The van der Waals surface area contributed by atoms with E-state index in [9.17, 15) is 28.8 Å². The number of nitrogens with zero attached hydrogens (tertiary/aromatic N) is 2. The third-order valence-corrected chi connectivity index (χ3v) is 13.5. The Kier molecular flexibility index (Phi) is 12.0. The van der Waals surface area contributed by atoms with Crippen LogP contribution in [-0.2, 0) is 28.4 Å². The summed E-state index contributed by atoms with van der Waals surface area (Å²) in [6.07, 6.45) is 9.47. The molecule has 0 unspecified atom stereocenters. The van der Waals surface area contributed by atoms with Crippen LogP contribution >= 0.6 is 0 Å². The fourth-order valence-electron chi connectivity index (χ4n) is 9.69. The molecule has 0 N–H and O–H groups in total. The first-order chi connectivity index (χ1) is 27.1. The Morgan fingerprint density at radius 1 is 0.719 bits per heavy atom. The monoisotopic (exact) mass is 782 g/mol. The van der Waals surface area contributed by atoms with E-state index < -0.39 is 10.8 Å². The summed E-state index contributed by atoms with van der Waals surface area (Å²) in [7, 11) is 2.46. The summed E-state index contributed by atoms with van der Waals surface area (Å²) in [5.74, 6) is -1.95. The zero-order chi connectivity index (χ0) is 41.3. The van der Waals surface area contributed by atoms with Crippen LogP contribution in [0.25, 0.3) is 0 Å². The number of carbonyl (C=O) groups is 6. The van der Waals surface area contributed by atoms with E-state index in [0.717, 1.165) is 44.8 Å². The number of esters is 2. The van der Waals surface area contributed by atoms with Crippen molar-refractivity contribution in [2.24, 2.45) is 22.7 Å². The van der Waals surface area contributed by atoms with Crippen molar-refractivity contribution < 1.29 is 47.5 Å². The number of fused-ring (bicyclic) bond motifs is 2. The fourth-order valence-corrected chi connectivity index (χ4v) is 9.69. The van der Waals surface area contributed by atoms with E-state index in [1.165, 1.54) is 24.0 Å². The molecule has 0 radical (unpaired) electrons. The molecule has 57 heavy (non-hydrogen) atoms. The zero-order valence-corrected chi connectivity index (χ0v) is 34.1. The lowest BCUT2D eigenvalue weighted by atomic mass is 9.72. The quantitative estimate of drug-likeness (QED) is 0.0962. The lowest BCUT2D eigenvalue weighted by Gasteiger charge is -2.35. The van der Waals surface area contributed by atoms with Gasteiger partial charge in [0.15, 0.2) is 0 Å². The Labute approximate surface area is 335 Å². The summed E-state index contributed by atoms with van der Waals surface area (Å²) >= 11 is 0. The number of imide groups is 2. The van der Waals surface area contributed by atoms with Gasteiger partial charge in [-0.05, 0) is 109 Å². The summed E-state index contributed by atoms with van der Waals surface area (Å²) in [6, 6.07) is 13.6. The second kappa shape index (κ2) is 16.3. The van der Waals surface area contributed by atoms with Gasteiger partial charge in [0.1, 0.15) is 0 Å². The Hall–Kier alpha value is -4.62. The molecule has 2 saturated carbocycles. The molecule has 1 saturated heterocycles. The highest BCUT2D eigenvalue weighted by atomic mass is 16.7. The molecule has 2 aromatic rings. The maximum Gasteiger partial charge on any atom is 0.457 e. The van der Waals surface area contributed by atoms with Crippen LogP contribution in [-0.4, -0.2) is 91.0 Å². The van der Waals surface area contributed by atoms with Gasteiger partial charge >= 0.3 is 19.1 Å². The molecule has 0 aromatic heterocycles. The van der Waals surface area contributed by atoms with E-state index >= 15 is 0 Å². The molecule has 2 aromatic carbocycles. The standard InChI is InChI=1S/C25H34BNO6.C19H21NO4/c1-23(2)24(3,4)33-26(32-23)15-9-11-17-10-8-14-25(17,22(30)31-5)16-27-20(28)18-12-6-7-13-19(18)21(27)29;1-3-7-13-8-6-11-19(13,18(23)24-2)12-20-16(21)14-9-4-5-10-15(14)17(20)22/h6-7,12-13,17H,8-11,14-16H2,1-5H3;3-5,9-10,13H,1,6-8,11-12H2,2H3/t17-,25+;13-,19-/m01/s1. The maximum absolute atomic E-state index is 13.1. The fraction of sp³-hybridized carbons (Fsp3) is 0.545. The minimum atomic E-state index is -0.877. The molecule has 0 bridgehead atoms. The van der Waals surface area contributed by atoms with Crippen molar-refractivity contribution in [3.63, 3.8) is 0 Å². The molecule has 3 fully saturated rings. The van der Waals surface area contributed by atoms with Crippen molar-refractivity contribution in [2.75, 3.05) is 27.3 Å². The molecule has 12 nitrogen and oxygen atoms in total. The number of allylic oxidation sites excluding steroid dienone is 1. The highest BCUT2D eigenvalue weighted by Crippen LogP contribution is 2.50. The first-order valence-electron chi connectivity index (χ1n) is 20.1. The van der Waals surface area contributed by atoms with Gasteiger partial charge in [0, 0.05) is 13.1 Å². The normalized spacial score (nSPS) is 26.9. The zero-order valence-electron chi connectivity index (χ0n) is 34.1. The van der Waals surface area contributed by atoms with E-state index in [1.54, 1.807) is 54.6 Å². The van der Waals surface area contributed by atoms with Gasteiger partial charge in [-0.15, -0.1) is 6.58 Å². The van der Waals surface area contributed by atoms with Crippen LogP contribution < -0.4 is 0 Å². The van der Waals surface area contributed by atoms with Crippen molar-refractivity contribution in [1.29, 1.82) is 0 Å². The van der Waals surface area contributed by atoms with E-state index in [4.69, 9.17) is 18.8 Å². The second-order valence-electron chi connectivity index (χ2n) is 17.1. The van der Waals surface area contributed by atoms with Gasteiger partial charge in [-0.2, -0.15) is 0 Å². The van der Waals surface area contributed by atoms with Crippen molar-refractivity contribution in [1.82, 2.24) is 9.80 Å². The number of ether oxygens (including phenoxy) is 2. The summed E-state index contributed by atoms with van der Waals surface area (Å²) in [4.78, 5) is 79.4. The van der Waals surface area contributed by atoms with Gasteiger partial charge in [0.2, 0.25) is 0 Å². The van der Waals surface area contributed by atoms with Crippen LogP contribution in [0.2, 0.25) is 6.32 Å². The Morgan fingerprint density at radius 2 is 1.11 bits per heavy atom. The van der Waals surface area contributed by atoms with Gasteiger partial charge in [-0.25, -0.2) is 0 Å². The van der Waals surface area contributed by atoms with Crippen molar-refractivity contribution in [2.45, 2.75) is 103 Å². The van der Waals surface area contributed by atoms with Crippen molar-refractivity contribution in [3.8, 4) is 0 Å². The molecule has 4 amide bonds. The molecule has 304 valence electrons. The van der Waals surface area contributed by atoms with Crippen LogP contribution in [0.3, 0.4) is 0 Å². The van der Waals surface area contributed by atoms with E-state index in [0.29, 0.717) is 41.5 Å². The van der Waals surface area contributed by atoms with Crippen LogP contribution in [0.4, 0.5) is 0 Å². The minimum absolute atomic E-state index is 0.0247. The predicted molar refractivity (Wildman–Crippen MR) is 212 cm³/mol. The summed E-state index contributed by atoms with van der Waals surface area (Å²) in [5, 5.41) is 0. The first-order valence-corrected chi connectivity index (χ1v) is 20.1. The number of hydrogen-bond acceptors (Lipinski definition) is 10.